The van der Waals surface area contributed by atoms with E-state index in [1.54, 1.807) is 35.2 Å². The Kier molecular flexibility index (Phi) is 6.05. The highest BCUT2D eigenvalue weighted by molar-refractivity contribution is 5.93. The van der Waals surface area contributed by atoms with Gasteiger partial charge in [0.05, 0.1) is 37.8 Å². The fraction of sp³-hybridized carbons (Fsp3) is 0.348. The standard InChI is InChI=1S/C23H24N4O4/c1-16(22(28)25-18-8-6-17(14-24)7-9-18)26-10-12-27(13-11-26)23(29)21-15-30-19-4-2-3-5-20(19)31-21/h2-9,16,21H,10-13,15H2,1H3,(H,25,28)/p+1/t16-,21+/m1/s1. The van der Waals surface area contributed by atoms with E-state index in [1.165, 1.54) is 0 Å². The number of hydrogen-bond acceptors (Lipinski definition) is 5. The van der Waals surface area contributed by atoms with Gasteiger partial charge in [-0.2, -0.15) is 5.26 Å². The number of carbonyl (C=O) groups excluding carboxylic acids is 2. The molecule has 2 heterocycles. The molecule has 0 unspecified atom stereocenters. The van der Waals surface area contributed by atoms with Crippen molar-refractivity contribution in [3.05, 3.63) is 54.1 Å². The SMILES string of the molecule is C[C@H](C(=O)Nc1ccc(C#N)cc1)[NH+]1CCN(C(=O)[C@@H]2COc3ccccc3O2)CC1. The first-order valence-corrected chi connectivity index (χ1v) is 10.4. The van der Waals surface area contributed by atoms with Crippen molar-refractivity contribution in [3.63, 3.8) is 0 Å². The van der Waals surface area contributed by atoms with Gasteiger partial charge in [-0.1, -0.05) is 12.1 Å². The van der Waals surface area contributed by atoms with Crippen LogP contribution in [0, 0.1) is 11.3 Å². The number of anilines is 1. The highest BCUT2D eigenvalue weighted by atomic mass is 16.6. The van der Waals surface area contributed by atoms with Crippen molar-refractivity contribution >= 4 is 17.5 Å². The van der Waals surface area contributed by atoms with Crippen LogP contribution in [0.15, 0.2) is 48.5 Å². The average molecular weight is 421 g/mol. The first-order chi connectivity index (χ1) is 15.0. The molecule has 8 heteroatoms. The Balaban J connectivity index is 1.28. The Labute approximate surface area is 181 Å². The van der Waals surface area contributed by atoms with E-state index >= 15 is 0 Å². The molecule has 0 radical (unpaired) electrons. The van der Waals surface area contributed by atoms with Crippen molar-refractivity contribution in [2.24, 2.45) is 0 Å². The van der Waals surface area contributed by atoms with Crippen molar-refractivity contribution in [1.29, 1.82) is 5.26 Å². The fourth-order valence-electron chi connectivity index (χ4n) is 3.86. The summed E-state index contributed by atoms with van der Waals surface area (Å²) >= 11 is 0. The van der Waals surface area contributed by atoms with Gasteiger partial charge < -0.3 is 24.6 Å². The number of hydrogen-bond donors (Lipinski definition) is 2. The third-order valence-corrected chi connectivity index (χ3v) is 5.79. The van der Waals surface area contributed by atoms with E-state index in [-0.39, 0.29) is 24.5 Å². The number of nitriles is 1. The maximum absolute atomic E-state index is 12.9. The van der Waals surface area contributed by atoms with Gasteiger partial charge in [0.15, 0.2) is 17.5 Å². The number of benzene rings is 2. The summed E-state index contributed by atoms with van der Waals surface area (Å²) in [6.45, 7) is 4.57. The number of quaternary nitrogens is 1. The Hall–Kier alpha value is -3.57. The second kappa shape index (κ2) is 9.06. The van der Waals surface area contributed by atoms with Gasteiger partial charge in [-0.3, -0.25) is 9.59 Å². The molecule has 4 rings (SSSR count). The minimum atomic E-state index is -0.645. The Morgan fingerprint density at radius 1 is 1.13 bits per heavy atom. The third-order valence-electron chi connectivity index (χ3n) is 5.79. The van der Waals surface area contributed by atoms with Crippen LogP contribution in [-0.2, 0) is 9.59 Å². The van der Waals surface area contributed by atoms with Gasteiger partial charge in [0, 0.05) is 5.69 Å². The van der Waals surface area contributed by atoms with Gasteiger partial charge in [-0.25, -0.2) is 0 Å². The first-order valence-electron chi connectivity index (χ1n) is 10.4. The number of amides is 2. The van der Waals surface area contributed by atoms with Crippen LogP contribution in [-0.4, -0.2) is 61.6 Å². The number of para-hydroxylation sites is 2. The number of ether oxygens (including phenoxy) is 2. The zero-order valence-electron chi connectivity index (χ0n) is 17.3. The smallest absolute Gasteiger partial charge is 0.282 e. The molecule has 2 amide bonds. The lowest BCUT2D eigenvalue weighted by atomic mass is 10.1. The van der Waals surface area contributed by atoms with Gasteiger partial charge in [0.1, 0.15) is 6.61 Å². The molecule has 31 heavy (non-hydrogen) atoms. The molecule has 0 aromatic heterocycles. The molecule has 0 aliphatic carbocycles. The lowest BCUT2D eigenvalue weighted by Gasteiger charge is -2.37. The second-order valence-electron chi connectivity index (χ2n) is 7.75. The van der Waals surface area contributed by atoms with Gasteiger partial charge in [-0.05, 0) is 43.3 Å². The fourth-order valence-corrected chi connectivity index (χ4v) is 3.86. The molecular formula is C23H25N4O4+. The quantitative estimate of drug-likeness (QED) is 0.748. The highest BCUT2D eigenvalue weighted by Gasteiger charge is 2.35. The third kappa shape index (κ3) is 4.62. The normalized spacial score (nSPS) is 19.2. The molecule has 0 spiro atoms. The van der Waals surface area contributed by atoms with Crippen LogP contribution in [0.1, 0.15) is 12.5 Å². The molecule has 1 saturated heterocycles. The summed E-state index contributed by atoms with van der Waals surface area (Å²) in [7, 11) is 0. The number of piperazine rings is 1. The molecule has 2 aromatic carbocycles. The van der Waals surface area contributed by atoms with Crippen molar-refractivity contribution in [2.45, 2.75) is 19.1 Å². The molecule has 2 aliphatic heterocycles. The van der Waals surface area contributed by atoms with Crippen molar-refractivity contribution < 1.29 is 24.0 Å². The highest BCUT2D eigenvalue weighted by Crippen LogP contribution is 2.31. The molecule has 2 N–H and O–H groups in total. The van der Waals surface area contributed by atoms with E-state index in [0.29, 0.717) is 48.9 Å². The van der Waals surface area contributed by atoms with Crippen LogP contribution in [0.5, 0.6) is 11.5 Å². The maximum atomic E-state index is 12.9. The maximum Gasteiger partial charge on any atom is 0.282 e. The van der Waals surface area contributed by atoms with Crippen LogP contribution in [0.4, 0.5) is 5.69 Å². The molecule has 2 atom stereocenters. The lowest BCUT2D eigenvalue weighted by Crippen LogP contribution is -3.19. The summed E-state index contributed by atoms with van der Waals surface area (Å²) in [6, 6.07) is 15.9. The molecule has 8 nitrogen and oxygen atoms in total. The van der Waals surface area contributed by atoms with Crippen molar-refractivity contribution in [3.8, 4) is 17.6 Å². The van der Waals surface area contributed by atoms with Gasteiger partial charge >= 0.3 is 0 Å². The summed E-state index contributed by atoms with van der Waals surface area (Å²) < 4.78 is 11.5. The van der Waals surface area contributed by atoms with E-state index in [9.17, 15) is 9.59 Å². The summed E-state index contributed by atoms with van der Waals surface area (Å²) in [6.07, 6.45) is -0.645. The van der Waals surface area contributed by atoms with E-state index in [4.69, 9.17) is 14.7 Å². The van der Waals surface area contributed by atoms with E-state index in [1.807, 2.05) is 25.1 Å². The van der Waals surface area contributed by atoms with E-state index < -0.39 is 6.10 Å². The largest absolute Gasteiger partial charge is 0.485 e. The van der Waals surface area contributed by atoms with Crippen molar-refractivity contribution in [2.75, 3.05) is 38.1 Å². The van der Waals surface area contributed by atoms with Gasteiger partial charge in [0.25, 0.3) is 11.8 Å². The number of carbonyl (C=O) groups is 2. The van der Waals surface area contributed by atoms with Gasteiger partial charge in [-0.15, -0.1) is 0 Å². The minimum Gasteiger partial charge on any atom is -0.485 e. The molecule has 0 bridgehead atoms. The predicted octanol–water partition coefficient (Wildman–Crippen LogP) is 0.452. The molecule has 1 fully saturated rings. The second-order valence-corrected chi connectivity index (χ2v) is 7.75. The first kappa shape index (κ1) is 20.7. The van der Waals surface area contributed by atoms with Gasteiger partial charge in [0.2, 0.25) is 6.10 Å². The van der Waals surface area contributed by atoms with Crippen LogP contribution < -0.4 is 19.7 Å². The monoisotopic (exact) mass is 421 g/mol. The molecule has 160 valence electrons. The molecule has 0 saturated carbocycles. The van der Waals surface area contributed by atoms with Crippen LogP contribution >= 0.6 is 0 Å². The average Bonchev–Trinajstić information content (AvgIpc) is 2.83. The lowest BCUT2D eigenvalue weighted by molar-refractivity contribution is -0.917. The predicted molar refractivity (Wildman–Crippen MR) is 113 cm³/mol. The van der Waals surface area contributed by atoms with Crippen LogP contribution in [0.25, 0.3) is 0 Å². The number of rotatable bonds is 4. The molecule has 2 aromatic rings. The molecular weight excluding hydrogens is 396 g/mol. The van der Waals surface area contributed by atoms with Crippen LogP contribution in [0.2, 0.25) is 0 Å². The Morgan fingerprint density at radius 2 is 1.81 bits per heavy atom. The number of nitrogens with zero attached hydrogens (tertiary/aromatic N) is 2. The number of nitrogens with one attached hydrogen (secondary N) is 2. The van der Waals surface area contributed by atoms with E-state index in [2.05, 4.69) is 11.4 Å². The Morgan fingerprint density at radius 3 is 2.48 bits per heavy atom. The summed E-state index contributed by atoms with van der Waals surface area (Å²) in [4.78, 5) is 28.4. The zero-order valence-corrected chi connectivity index (χ0v) is 17.3. The molecule has 2 aliphatic rings. The topological polar surface area (TPSA) is 96.1 Å². The van der Waals surface area contributed by atoms with Crippen molar-refractivity contribution in [1.82, 2.24) is 4.90 Å². The van der Waals surface area contributed by atoms with E-state index in [0.717, 1.165) is 4.90 Å². The summed E-state index contributed by atoms with van der Waals surface area (Å²) in [5.74, 6) is 1.08. The zero-order chi connectivity index (χ0) is 21.8. The minimum absolute atomic E-state index is 0.0803. The summed E-state index contributed by atoms with van der Waals surface area (Å²) in [5.41, 5.74) is 1.21. The number of fused-ring (bicyclic) bond motifs is 1. The Bertz CT molecular complexity index is 993. The van der Waals surface area contributed by atoms with Crippen LogP contribution in [0.3, 0.4) is 0 Å². The summed E-state index contributed by atoms with van der Waals surface area (Å²) in [5, 5.41) is 11.8.